The van der Waals surface area contributed by atoms with Gasteiger partial charge in [0.2, 0.25) is 11.8 Å². The summed E-state index contributed by atoms with van der Waals surface area (Å²) < 4.78 is 0. The third-order valence-corrected chi connectivity index (χ3v) is 3.97. The van der Waals surface area contributed by atoms with Crippen molar-refractivity contribution in [3.8, 4) is 0 Å². The van der Waals surface area contributed by atoms with Gasteiger partial charge >= 0.3 is 6.03 Å². The highest BCUT2D eigenvalue weighted by Crippen LogP contribution is 2.30. The Morgan fingerprint density at radius 1 is 0.783 bits per heavy atom. The predicted molar refractivity (Wildman–Crippen MR) is 84.5 cm³/mol. The van der Waals surface area contributed by atoms with Crippen LogP contribution in [0.2, 0.25) is 0 Å². The molecule has 1 aliphatic rings. The third kappa shape index (κ3) is 3.29. The minimum atomic E-state index is -0.935. The average molecular weight is 308 g/mol. The van der Waals surface area contributed by atoms with Gasteiger partial charge in [0.15, 0.2) is 0 Å². The van der Waals surface area contributed by atoms with Crippen LogP contribution in [0.15, 0.2) is 60.7 Å². The van der Waals surface area contributed by atoms with Crippen molar-refractivity contribution in [2.75, 3.05) is 0 Å². The summed E-state index contributed by atoms with van der Waals surface area (Å²) in [6, 6.07) is 18.3. The van der Waals surface area contributed by atoms with Gasteiger partial charge in [-0.1, -0.05) is 60.7 Å². The van der Waals surface area contributed by atoms with E-state index >= 15 is 0 Å². The van der Waals surface area contributed by atoms with Crippen molar-refractivity contribution in [1.82, 2.24) is 10.6 Å². The molecule has 2 aromatic carbocycles. The van der Waals surface area contributed by atoms with Gasteiger partial charge in [-0.3, -0.25) is 20.2 Å². The van der Waals surface area contributed by atoms with Gasteiger partial charge in [0, 0.05) is 5.92 Å². The normalized spacial score (nSPS) is 16.6. The maximum absolute atomic E-state index is 12.2. The van der Waals surface area contributed by atoms with E-state index in [4.69, 9.17) is 0 Å². The van der Waals surface area contributed by atoms with Crippen molar-refractivity contribution < 1.29 is 14.4 Å². The van der Waals surface area contributed by atoms with Crippen molar-refractivity contribution in [3.05, 3.63) is 71.8 Å². The van der Waals surface area contributed by atoms with Gasteiger partial charge in [-0.05, 0) is 17.5 Å². The lowest BCUT2D eigenvalue weighted by Gasteiger charge is -2.28. The maximum Gasteiger partial charge on any atom is 0.328 e. The molecule has 4 amide bonds. The lowest BCUT2D eigenvalue weighted by atomic mass is 9.80. The van der Waals surface area contributed by atoms with E-state index in [1.54, 1.807) is 0 Å². The molecule has 0 radical (unpaired) electrons. The molecule has 5 nitrogen and oxygen atoms in total. The average Bonchev–Trinajstić information content (AvgIpc) is 2.55. The number of hydrogen-bond acceptors (Lipinski definition) is 3. The number of urea groups is 1. The number of amides is 4. The largest absolute Gasteiger partial charge is 0.328 e. The molecule has 1 heterocycles. The second-order valence-electron chi connectivity index (χ2n) is 5.49. The Hall–Kier alpha value is -2.95. The van der Waals surface area contributed by atoms with Crippen LogP contribution in [-0.2, 0) is 16.0 Å². The fourth-order valence-electron chi connectivity index (χ4n) is 2.89. The minimum Gasteiger partial charge on any atom is -0.277 e. The van der Waals surface area contributed by atoms with Gasteiger partial charge < -0.3 is 0 Å². The number of benzene rings is 2. The molecule has 2 N–H and O–H groups in total. The number of hydrogen-bond donors (Lipinski definition) is 2. The highest BCUT2D eigenvalue weighted by atomic mass is 16.2. The SMILES string of the molecule is O=C1NC(=O)C(C(Cc2ccccc2)c2ccccc2)C(=O)N1. The summed E-state index contributed by atoms with van der Waals surface area (Å²) in [6.45, 7) is 0. The van der Waals surface area contributed by atoms with Crippen LogP contribution < -0.4 is 10.6 Å². The fraction of sp³-hybridized carbons (Fsp3) is 0.167. The second-order valence-corrected chi connectivity index (χ2v) is 5.49. The highest BCUT2D eigenvalue weighted by Gasteiger charge is 2.40. The van der Waals surface area contributed by atoms with Crippen LogP contribution in [0.5, 0.6) is 0 Å². The molecule has 0 spiro atoms. The molecular formula is C18H16N2O3. The molecule has 0 aliphatic carbocycles. The van der Waals surface area contributed by atoms with Crippen LogP contribution in [0.3, 0.4) is 0 Å². The first kappa shape index (κ1) is 15.0. The van der Waals surface area contributed by atoms with Crippen LogP contribution >= 0.6 is 0 Å². The zero-order valence-corrected chi connectivity index (χ0v) is 12.4. The van der Waals surface area contributed by atoms with Crippen LogP contribution in [0.4, 0.5) is 4.79 Å². The number of nitrogens with one attached hydrogen (secondary N) is 2. The lowest BCUT2D eigenvalue weighted by Crippen LogP contribution is -2.57. The predicted octanol–water partition coefficient (Wildman–Crippen LogP) is 2.00. The van der Waals surface area contributed by atoms with Crippen LogP contribution in [-0.4, -0.2) is 17.8 Å². The van der Waals surface area contributed by atoms with Gasteiger partial charge in [0.1, 0.15) is 5.92 Å². The van der Waals surface area contributed by atoms with Crippen molar-refractivity contribution in [3.63, 3.8) is 0 Å². The van der Waals surface area contributed by atoms with Gasteiger partial charge in [-0.25, -0.2) is 4.79 Å². The first-order valence-electron chi connectivity index (χ1n) is 7.39. The highest BCUT2D eigenvalue weighted by molar-refractivity contribution is 6.16. The van der Waals surface area contributed by atoms with Crippen molar-refractivity contribution in [2.24, 2.45) is 5.92 Å². The molecule has 0 saturated carbocycles. The third-order valence-electron chi connectivity index (χ3n) is 3.97. The molecule has 1 unspecified atom stereocenters. The zero-order valence-electron chi connectivity index (χ0n) is 12.4. The van der Waals surface area contributed by atoms with E-state index in [-0.39, 0.29) is 5.92 Å². The second kappa shape index (κ2) is 6.44. The molecule has 2 aromatic rings. The number of imide groups is 2. The number of barbiturate groups is 1. The van der Waals surface area contributed by atoms with Crippen LogP contribution in [0, 0.1) is 5.92 Å². The Balaban J connectivity index is 1.96. The number of carbonyl (C=O) groups is 3. The molecule has 5 heteroatoms. The van der Waals surface area contributed by atoms with Gasteiger partial charge in [-0.15, -0.1) is 0 Å². The minimum absolute atomic E-state index is 0.341. The monoisotopic (exact) mass is 308 g/mol. The van der Waals surface area contributed by atoms with Crippen molar-refractivity contribution >= 4 is 17.8 Å². The summed E-state index contributed by atoms with van der Waals surface area (Å²) >= 11 is 0. The smallest absolute Gasteiger partial charge is 0.277 e. The molecule has 1 saturated heterocycles. The first-order valence-corrected chi connectivity index (χ1v) is 7.39. The molecular weight excluding hydrogens is 292 g/mol. The topological polar surface area (TPSA) is 75.3 Å². The molecule has 0 aromatic heterocycles. The Kier molecular flexibility index (Phi) is 4.19. The van der Waals surface area contributed by atoms with Crippen molar-refractivity contribution in [1.29, 1.82) is 0 Å². The standard InChI is InChI=1S/C18H16N2O3/c21-16-15(17(22)20-18(23)19-16)14(13-9-5-2-6-10-13)11-12-7-3-1-4-8-12/h1-10,14-15H,11H2,(H2,19,20,21,22,23). The Morgan fingerprint density at radius 2 is 1.30 bits per heavy atom. The summed E-state index contributed by atoms with van der Waals surface area (Å²) in [5, 5.41) is 4.37. The molecule has 1 atom stereocenters. The fourth-order valence-corrected chi connectivity index (χ4v) is 2.89. The molecule has 1 fully saturated rings. The zero-order chi connectivity index (χ0) is 16.2. The summed E-state index contributed by atoms with van der Waals surface area (Å²) in [6.07, 6.45) is 0.532. The van der Waals surface area contributed by atoms with E-state index in [9.17, 15) is 14.4 Å². The van der Waals surface area contributed by atoms with E-state index in [0.29, 0.717) is 6.42 Å². The van der Waals surface area contributed by atoms with Gasteiger partial charge in [0.05, 0.1) is 0 Å². The first-order chi connectivity index (χ1) is 11.1. The van der Waals surface area contributed by atoms with Gasteiger partial charge in [-0.2, -0.15) is 0 Å². The molecule has 116 valence electrons. The van der Waals surface area contributed by atoms with Crippen LogP contribution in [0.1, 0.15) is 17.0 Å². The van der Waals surface area contributed by atoms with Crippen molar-refractivity contribution in [2.45, 2.75) is 12.3 Å². The van der Waals surface area contributed by atoms with Gasteiger partial charge in [0.25, 0.3) is 0 Å². The lowest BCUT2D eigenvalue weighted by molar-refractivity contribution is -0.136. The summed E-state index contributed by atoms with van der Waals surface area (Å²) in [5.74, 6) is -2.38. The van der Waals surface area contributed by atoms with E-state index < -0.39 is 23.8 Å². The van der Waals surface area contributed by atoms with Crippen LogP contribution in [0.25, 0.3) is 0 Å². The Labute approximate surface area is 133 Å². The molecule has 1 aliphatic heterocycles. The maximum atomic E-state index is 12.2. The van der Waals surface area contributed by atoms with E-state index in [1.165, 1.54) is 0 Å². The van der Waals surface area contributed by atoms with E-state index in [1.807, 2.05) is 60.7 Å². The summed E-state index contributed by atoms with van der Waals surface area (Å²) in [4.78, 5) is 35.7. The quantitative estimate of drug-likeness (QED) is 0.848. The number of rotatable bonds is 4. The molecule has 0 bridgehead atoms. The molecule has 3 rings (SSSR count). The van der Waals surface area contributed by atoms with E-state index in [0.717, 1.165) is 11.1 Å². The van der Waals surface area contributed by atoms with E-state index in [2.05, 4.69) is 10.6 Å². The Bertz CT molecular complexity index is 708. The Morgan fingerprint density at radius 3 is 1.87 bits per heavy atom. The number of carbonyl (C=O) groups excluding carboxylic acids is 3. The molecule has 23 heavy (non-hydrogen) atoms. The summed E-state index contributed by atoms with van der Waals surface area (Å²) in [5.41, 5.74) is 1.92. The summed E-state index contributed by atoms with van der Waals surface area (Å²) in [7, 11) is 0.